The SMILES string of the molecule is COc1cccc(-n2ncc3c(N=NCc4ccc(C(=O)NCCN(C)C)cc4)ncnc32)n1. The molecule has 3 aromatic heterocycles. The van der Waals surface area contributed by atoms with Crippen LogP contribution in [0.25, 0.3) is 16.9 Å². The first-order valence-corrected chi connectivity index (χ1v) is 10.6. The third-order valence-corrected chi connectivity index (χ3v) is 4.96. The second-order valence-electron chi connectivity index (χ2n) is 7.68. The van der Waals surface area contributed by atoms with Gasteiger partial charge >= 0.3 is 0 Å². The van der Waals surface area contributed by atoms with Crippen molar-refractivity contribution in [3.8, 4) is 11.7 Å². The quantitative estimate of drug-likeness (QED) is 0.382. The Labute approximate surface area is 196 Å². The monoisotopic (exact) mass is 459 g/mol. The topological polar surface area (TPSA) is 123 Å². The summed E-state index contributed by atoms with van der Waals surface area (Å²) in [6, 6.07) is 12.7. The van der Waals surface area contributed by atoms with Gasteiger partial charge in [0.1, 0.15) is 6.33 Å². The van der Waals surface area contributed by atoms with Crippen molar-refractivity contribution in [3.05, 3.63) is 66.1 Å². The van der Waals surface area contributed by atoms with E-state index in [4.69, 9.17) is 4.74 Å². The molecule has 0 unspecified atom stereocenters. The summed E-state index contributed by atoms with van der Waals surface area (Å²) in [4.78, 5) is 27.2. The molecule has 4 rings (SSSR count). The van der Waals surface area contributed by atoms with Crippen LogP contribution in [0.4, 0.5) is 5.82 Å². The lowest BCUT2D eigenvalue weighted by atomic mass is 10.1. The summed E-state index contributed by atoms with van der Waals surface area (Å²) >= 11 is 0. The van der Waals surface area contributed by atoms with Gasteiger partial charge in [-0.3, -0.25) is 4.79 Å². The zero-order chi connectivity index (χ0) is 23.9. The fourth-order valence-electron chi connectivity index (χ4n) is 3.16. The molecule has 0 bridgehead atoms. The Balaban J connectivity index is 1.44. The van der Waals surface area contributed by atoms with Crippen molar-refractivity contribution in [1.82, 2.24) is 34.9 Å². The Morgan fingerprint density at radius 3 is 2.74 bits per heavy atom. The van der Waals surface area contributed by atoms with E-state index in [0.29, 0.717) is 47.2 Å². The molecule has 0 radical (unpaired) electrons. The zero-order valence-corrected chi connectivity index (χ0v) is 19.2. The van der Waals surface area contributed by atoms with E-state index in [2.05, 4.69) is 35.6 Å². The van der Waals surface area contributed by atoms with E-state index in [9.17, 15) is 4.79 Å². The van der Waals surface area contributed by atoms with Gasteiger partial charge < -0.3 is 15.0 Å². The molecule has 0 saturated carbocycles. The summed E-state index contributed by atoms with van der Waals surface area (Å²) < 4.78 is 6.79. The number of amides is 1. The van der Waals surface area contributed by atoms with Gasteiger partial charge in [0.15, 0.2) is 17.3 Å². The Bertz CT molecular complexity index is 1300. The lowest BCUT2D eigenvalue weighted by Crippen LogP contribution is -2.31. The van der Waals surface area contributed by atoms with Crippen LogP contribution >= 0.6 is 0 Å². The highest BCUT2D eigenvalue weighted by atomic mass is 16.5. The molecule has 0 aliphatic rings. The number of azo groups is 1. The van der Waals surface area contributed by atoms with Crippen molar-refractivity contribution >= 4 is 22.8 Å². The molecule has 3 heterocycles. The summed E-state index contributed by atoms with van der Waals surface area (Å²) in [5, 5.41) is 16.5. The highest BCUT2D eigenvalue weighted by Gasteiger charge is 2.12. The number of nitrogens with one attached hydrogen (secondary N) is 1. The number of benzene rings is 1. The third-order valence-electron chi connectivity index (χ3n) is 4.96. The predicted molar refractivity (Wildman–Crippen MR) is 127 cm³/mol. The molecule has 1 N–H and O–H groups in total. The van der Waals surface area contributed by atoms with Gasteiger partial charge in [0.25, 0.3) is 5.91 Å². The molecule has 174 valence electrons. The molecule has 0 spiro atoms. The first-order chi connectivity index (χ1) is 16.5. The number of carbonyl (C=O) groups is 1. The van der Waals surface area contributed by atoms with E-state index < -0.39 is 0 Å². The Hall–Kier alpha value is -4.25. The number of carbonyl (C=O) groups excluding carboxylic acids is 1. The van der Waals surface area contributed by atoms with E-state index in [0.717, 1.165) is 12.1 Å². The number of nitrogens with zero attached hydrogens (tertiary/aromatic N) is 8. The highest BCUT2D eigenvalue weighted by molar-refractivity contribution is 5.94. The molecule has 0 atom stereocenters. The number of hydrogen-bond donors (Lipinski definition) is 1. The predicted octanol–water partition coefficient (Wildman–Crippen LogP) is 2.79. The van der Waals surface area contributed by atoms with Gasteiger partial charge in [0.2, 0.25) is 5.88 Å². The molecule has 11 heteroatoms. The fourth-order valence-corrected chi connectivity index (χ4v) is 3.16. The number of hydrogen-bond acceptors (Lipinski definition) is 9. The molecule has 0 aliphatic heterocycles. The summed E-state index contributed by atoms with van der Waals surface area (Å²) in [6.45, 7) is 1.73. The number of aromatic nitrogens is 5. The van der Waals surface area contributed by atoms with Crippen molar-refractivity contribution in [1.29, 1.82) is 0 Å². The number of likely N-dealkylation sites (N-methyl/N-ethyl adjacent to an activating group) is 1. The van der Waals surface area contributed by atoms with Crippen LogP contribution in [0.15, 0.2) is 65.2 Å². The van der Waals surface area contributed by atoms with E-state index in [1.807, 2.05) is 43.3 Å². The Morgan fingerprint density at radius 2 is 1.97 bits per heavy atom. The molecule has 4 aromatic rings. The van der Waals surface area contributed by atoms with Crippen molar-refractivity contribution in [3.63, 3.8) is 0 Å². The summed E-state index contributed by atoms with van der Waals surface area (Å²) in [5.74, 6) is 1.37. The molecule has 0 aliphatic carbocycles. The first-order valence-electron chi connectivity index (χ1n) is 10.6. The second-order valence-corrected chi connectivity index (χ2v) is 7.68. The highest BCUT2D eigenvalue weighted by Crippen LogP contribution is 2.24. The number of ether oxygens (including phenoxy) is 1. The minimum absolute atomic E-state index is 0.0964. The normalized spacial score (nSPS) is 11.4. The summed E-state index contributed by atoms with van der Waals surface area (Å²) in [5.41, 5.74) is 2.10. The lowest BCUT2D eigenvalue weighted by molar-refractivity contribution is 0.0951. The molecule has 11 nitrogen and oxygen atoms in total. The van der Waals surface area contributed by atoms with Crippen molar-refractivity contribution in [2.24, 2.45) is 10.2 Å². The van der Waals surface area contributed by atoms with Crippen LogP contribution in [-0.2, 0) is 6.54 Å². The van der Waals surface area contributed by atoms with Gasteiger partial charge in [0, 0.05) is 24.7 Å². The maximum atomic E-state index is 12.2. The second kappa shape index (κ2) is 10.6. The smallest absolute Gasteiger partial charge is 0.251 e. The molecule has 1 aromatic carbocycles. The van der Waals surface area contributed by atoms with Crippen LogP contribution in [0.3, 0.4) is 0 Å². The molecule has 0 fully saturated rings. The summed E-state index contributed by atoms with van der Waals surface area (Å²) in [7, 11) is 5.49. The minimum Gasteiger partial charge on any atom is -0.481 e. The largest absolute Gasteiger partial charge is 0.481 e. The van der Waals surface area contributed by atoms with Gasteiger partial charge in [-0.15, -0.1) is 5.11 Å². The van der Waals surface area contributed by atoms with Gasteiger partial charge in [-0.2, -0.15) is 19.9 Å². The molecular weight excluding hydrogens is 434 g/mol. The van der Waals surface area contributed by atoms with Gasteiger partial charge in [-0.25, -0.2) is 9.97 Å². The van der Waals surface area contributed by atoms with E-state index in [-0.39, 0.29) is 5.91 Å². The maximum Gasteiger partial charge on any atom is 0.251 e. The van der Waals surface area contributed by atoms with Gasteiger partial charge in [0.05, 0.1) is 25.2 Å². The van der Waals surface area contributed by atoms with Crippen LogP contribution in [0.2, 0.25) is 0 Å². The van der Waals surface area contributed by atoms with Gasteiger partial charge in [-0.05, 0) is 37.9 Å². The van der Waals surface area contributed by atoms with E-state index in [1.54, 1.807) is 36.2 Å². The number of rotatable bonds is 9. The van der Waals surface area contributed by atoms with Crippen molar-refractivity contribution in [2.75, 3.05) is 34.3 Å². The average Bonchev–Trinajstić information content (AvgIpc) is 3.29. The Kier molecular flexibility index (Phi) is 7.13. The third kappa shape index (κ3) is 5.38. The standard InChI is InChI=1S/C23H25N9O2/c1-31(2)12-11-24-23(33)17-9-7-16(8-10-17)13-27-30-21-18-14-28-32(22(18)26-15-25-21)19-5-4-6-20(29-19)34-3/h4-10,14-15H,11-13H2,1-3H3,(H,24,33). The van der Waals surface area contributed by atoms with Gasteiger partial charge in [-0.1, -0.05) is 18.2 Å². The summed E-state index contributed by atoms with van der Waals surface area (Å²) in [6.07, 6.45) is 3.05. The Morgan fingerprint density at radius 1 is 1.15 bits per heavy atom. The number of fused-ring (bicyclic) bond motifs is 1. The van der Waals surface area contributed by atoms with E-state index >= 15 is 0 Å². The van der Waals surface area contributed by atoms with Crippen LogP contribution in [0, 0.1) is 0 Å². The zero-order valence-electron chi connectivity index (χ0n) is 19.2. The molecule has 0 saturated heterocycles. The number of methoxy groups -OCH3 is 1. The molecule has 1 amide bonds. The van der Waals surface area contributed by atoms with Crippen molar-refractivity contribution < 1.29 is 9.53 Å². The van der Waals surface area contributed by atoms with E-state index in [1.165, 1.54) is 6.33 Å². The van der Waals surface area contributed by atoms with Crippen molar-refractivity contribution in [2.45, 2.75) is 6.54 Å². The van der Waals surface area contributed by atoms with Crippen LogP contribution in [0.5, 0.6) is 5.88 Å². The minimum atomic E-state index is -0.0964. The maximum absolute atomic E-state index is 12.2. The molecule has 34 heavy (non-hydrogen) atoms. The fraction of sp³-hybridized carbons (Fsp3) is 0.261. The first kappa shape index (κ1) is 22.9. The van der Waals surface area contributed by atoms with Crippen LogP contribution < -0.4 is 10.1 Å². The molecular formula is C23H25N9O2. The average molecular weight is 460 g/mol. The lowest BCUT2D eigenvalue weighted by Gasteiger charge is -2.10. The number of pyridine rings is 1. The van der Waals surface area contributed by atoms with Crippen LogP contribution in [-0.4, -0.2) is 69.8 Å². The van der Waals surface area contributed by atoms with Crippen LogP contribution in [0.1, 0.15) is 15.9 Å².